The molecule has 0 saturated carbocycles. The van der Waals surface area contributed by atoms with E-state index in [0.29, 0.717) is 10.7 Å². The zero-order valence-corrected chi connectivity index (χ0v) is 11.7. The molecule has 20 heavy (non-hydrogen) atoms. The molecule has 0 aliphatic heterocycles. The van der Waals surface area contributed by atoms with Crippen LogP contribution in [0.3, 0.4) is 0 Å². The average Bonchev–Trinajstić information content (AvgIpc) is 2.38. The van der Waals surface area contributed by atoms with Crippen molar-refractivity contribution in [1.82, 2.24) is 0 Å². The van der Waals surface area contributed by atoms with Crippen LogP contribution in [-0.4, -0.2) is 11.8 Å². The number of benzene rings is 2. The molecular weight excluding hydrogens is 299 g/mol. The molecule has 6 heteroatoms. The normalized spacial score (nSPS) is 10.1. The van der Waals surface area contributed by atoms with Gasteiger partial charge in [0.05, 0.1) is 21.8 Å². The second-order valence-electron chi connectivity index (χ2n) is 3.99. The summed E-state index contributed by atoms with van der Waals surface area (Å²) < 4.78 is 0. The van der Waals surface area contributed by atoms with Crippen molar-refractivity contribution in [3.8, 4) is 0 Å². The lowest BCUT2D eigenvalue weighted by molar-refractivity contribution is 0.100. The molecule has 0 spiro atoms. The third-order valence-electron chi connectivity index (χ3n) is 2.62. The highest BCUT2D eigenvalue weighted by atomic mass is 35.5. The first-order chi connectivity index (χ1) is 9.49. The van der Waals surface area contributed by atoms with E-state index >= 15 is 0 Å². The number of para-hydroxylation sites is 1. The number of carbonyl (C=O) groups excluding carboxylic acids is 2. The summed E-state index contributed by atoms with van der Waals surface area (Å²) in [7, 11) is 0. The molecule has 0 saturated heterocycles. The van der Waals surface area contributed by atoms with Crippen molar-refractivity contribution in [2.45, 2.75) is 0 Å². The summed E-state index contributed by atoms with van der Waals surface area (Å²) in [6, 6.07) is 11.0. The fraction of sp³-hybridized carbons (Fsp3) is 0. The van der Waals surface area contributed by atoms with Gasteiger partial charge in [0.2, 0.25) is 0 Å². The third kappa shape index (κ3) is 3.10. The molecule has 2 amide bonds. The number of hydrogen-bond acceptors (Lipinski definition) is 2. The molecule has 0 aromatic heterocycles. The SMILES string of the molecule is NC(=O)c1ccccc1NC(=O)c1ccc(Cl)cc1Cl. The Morgan fingerprint density at radius 3 is 2.35 bits per heavy atom. The predicted octanol–water partition coefficient (Wildman–Crippen LogP) is 3.34. The van der Waals surface area contributed by atoms with E-state index in [1.165, 1.54) is 18.2 Å². The minimum atomic E-state index is -0.622. The standard InChI is InChI=1S/C14H10Cl2N2O2/c15-8-5-6-9(11(16)7-8)14(20)18-12-4-2-1-3-10(12)13(17)19/h1-7H,(H2,17,19)(H,18,20). The van der Waals surface area contributed by atoms with Gasteiger partial charge in [-0.05, 0) is 30.3 Å². The fourth-order valence-electron chi connectivity index (χ4n) is 1.67. The Morgan fingerprint density at radius 2 is 1.70 bits per heavy atom. The van der Waals surface area contributed by atoms with Gasteiger partial charge < -0.3 is 11.1 Å². The average molecular weight is 309 g/mol. The van der Waals surface area contributed by atoms with Crippen molar-refractivity contribution in [2.75, 3.05) is 5.32 Å². The molecule has 0 heterocycles. The van der Waals surface area contributed by atoms with Crippen LogP contribution in [0.25, 0.3) is 0 Å². The van der Waals surface area contributed by atoms with Crippen LogP contribution < -0.4 is 11.1 Å². The van der Waals surface area contributed by atoms with Crippen LogP contribution in [0.2, 0.25) is 10.0 Å². The Kier molecular flexibility index (Phi) is 4.27. The highest BCUT2D eigenvalue weighted by Crippen LogP contribution is 2.23. The molecule has 2 aromatic rings. The van der Waals surface area contributed by atoms with Gasteiger partial charge in [0.15, 0.2) is 0 Å². The van der Waals surface area contributed by atoms with E-state index in [2.05, 4.69) is 5.32 Å². The second-order valence-corrected chi connectivity index (χ2v) is 4.83. The van der Waals surface area contributed by atoms with E-state index in [1.807, 2.05) is 0 Å². The first-order valence-electron chi connectivity index (χ1n) is 5.64. The number of anilines is 1. The molecule has 3 N–H and O–H groups in total. The molecule has 4 nitrogen and oxygen atoms in total. The van der Waals surface area contributed by atoms with Gasteiger partial charge in [0.1, 0.15) is 0 Å². The van der Waals surface area contributed by atoms with Crippen LogP contribution >= 0.6 is 23.2 Å². The van der Waals surface area contributed by atoms with E-state index in [-0.39, 0.29) is 16.1 Å². The minimum absolute atomic E-state index is 0.228. The zero-order chi connectivity index (χ0) is 14.7. The van der Waals surface area contributed by atoms with Crippen LogP contribution in [0, 0.1) is 0 Å². The van der Waals surface area contributed by atoms with Crippen molar-refractivity contribution >= 4 is 40.7 Å². The first kappa shape index (κ1) is 14.4. The number of halogens is 2. The summed E-state index contributed by atoms with van der Waals surface area (Å²) in [4.78, 5) is 23.4. The van der Waals surface area contributed by atoms with Crippen LogP contribution in [0.4, 0.5) is 5.69 Å². The Bertz CT molecular complexity index is 687. The highest BCUT2D eigenvalue weighted by Gasteiger charge is 2.14. The molecule has 0 aliphatic rings. The van der Waals surface area contributed by atoms with Gasteiger partial charge in [-0.15, -0.1) is 0 Å². The van der Waals surface area contributed by atoms with E-state index < -0.39 is 11.8 Å². The number of rotatable bonds is 3. The fourth-order valence-corrected chi connectivity index (χ4v) is 2.16. The summed E-state index contributed by atoms with van der Waals surface area (Å²) in [5.74, 6) is -1.07. The van der Waals surface area contributed by atoms with Crippen LogP contribution in [0.1, 0.15) is 20.7 Å². The smallest absolute Gasteiger partial charge is 0.257 e. The van der Waals surface area contributed by atoms with Crippen molar-refractivity contribution in [3.05, 3.63) is 63.6 Å². The maximum atomic E-state index is 12.1. The van der Waals surface area contributed by atoms with Gasteiger partial charge in [-0.1, -0.05) is 35.3 Å². The summed E-state index contributed by atoms with van der Waals surface area (Å²) in [6.07, 6.45) is 0. The largest absolute Gasteiger partial charge is 0.366 e. The molecule has 0 radical (unpaired) electrons. The maximum absolute atomic E-state index is 12.1. The lowest BCUT2D eigenvalue weighted by Gasteiger charge is -2.09. The quantitative estimate of drug-likeness (QED) is 0.912. The second kappa shape index (κ2) is 5.94. The molecule has 102 valence electrons. The number of carbonyl (C=O) groups is 2. The summed E-state index contributed by atoms with van der Waals surface area (Å²) in [5, 5.41) is 3.26. The number of nitrogens with two attached hydrogens (primary N) is 1. The topological polar surface area (TPSA) is 72.2 Å². The lowest BCUT2D eigenvalue weighted by atomic mass is 10.1. The van der Waals surface area contributed by atoms with Crippen molar-refractivity contribution < 1.29 is 9.59 Å². The van der Waals surface area contributed by atoms with E-state index in [1.54, 1.807) is 24.3 Å². The Morgan fingerprint density at radius 1 is 1.00 bits per heavy atom. The van der Waals surface area contributed by atoms with Gasteiger partial charge in [-0.25, -0.2) is 0 Å². The van der Waals surface area contributed by atoms with Crippen LogP contribution in [-0.2, 0) is 0 Å². The monoisotopic (exact) mass is 308 g/mol. The number of hydrogen-bond donors (Lipinski definition) is 2. The summed E-state index contributed by atoms with van der Waals surface area (Å²) in [5.41, 5.74) is 6.06. The molecule has 2 rings (SSSR count). The van der Waals surface area contributed by atoms with E-state index in [4.69, 9.17) is 28.9 Å². The van der Waals surface area contributed by atoms with E-state index in [9.17, 15) is 9.59 Å². The Balaban J connectivity index is 2.30. The first-order valence-corrected chi connectivity index (χ1v) is 6.40. The molecule has 0 unspecified atom stereocenters. The van der Waals surface area contributed by atoms with E-state index in [0.717, 1.165) is 0 Å². The minimum Gasteiger partial charge on any atom is -0.366 e. The van der Waals surface area contributed by atoms with Crippen molar-refractivity contribution in [3.63, 3.8) is 0 Å². The van der Waals surface area contributed by atoms with Gasteiger partial charge in [-0.3, -0.25) is 9.59 Å². The van der Waals surface area contributed by atoms with Crippen LogP contribution in [0.15, 0.2) is 42.5 Å². The molecule has 0 bridgehead atoms. The molecular formula is C14H10Cl2N2O2. The number of nitrogens with one attached hydrogen (secondary N) is 1. The molecule has 0 fully saturated rings. The molecule has 2 aromatic carbocycles. The highest BCUT2D eigenvalue weighted by molar-refractivity contribution is 6.37. The zero-order valence-electron chi connectivity index (χ0n) is 10.2. The van der Waals surface area contributed by atoms with Gasteiger partial charge in [0.25, 0.3) is 11.8 Å². The third-order valence-corrected chi connectivity index (χ3v) is 3.16. The molecule has 0 atom stereocenters. The van der Waals surface area contributed by atoms with Gasteiger partial charge >= 0.3 is 0 Å². The predicted molar refractivity (Wildman–Crippen MR) is 79.4 cm³/mol. The lowest BCUT2D eigenvalue weighted by Crippen LogP contribution is -2.18. The number of amides is 2. The molecule has 0 aliphatic carbocycles. The van der Waals surface area contributed by atoms with Crippen LogP contribution in [0.5, 0.6) is 0 Å². The summed E-state index contributed by atoms with van der Waals surface area (Å²) in [6.45, 7) is 0. The van der Waals surface area contributed by atoms with Crippen molar-refractivity contribution in [1.29, 1.82) is 0 Å². The van der Waals surface area contributed by atoms with Gasteiger partial charge in [-0.2, -0.15) is 0 Å². The van der Waals surface area contributed by atoms with Gasteiger partial charge in [0, 0.05) is 5.02 Å². The Hall–Kier alpha value is -2.04. The Labute approximate surface area is 125 Å². The van der Waals surface area contributed by atoms with Crippen molar-refractivity contribution in [2.24, 2.45) is 5.73 Å². The summed E-state index contributed by atoms with van der Waals surface area (Å²) >= 11 is 11.7. The maximum Gasteiger partial charge on any atom is 0.257 e. The number of primary amides is 1.